The molecule has 0 aliphatic rings. The molecule has 0 spiro atoms. The summed E-state index contributed by atoms with van der Waals surface area (Å²) in [7, 11) is 0. The first-order valence-electron chi connectivity index (χ1n) is 29.9. The van der Waals surface area contributed by atoms with E-state index < -0.39 is 18.2 Å². The fraction of sp³-hybridized carbons (Fsp3) is 0.855. The number of rotatable bonds is 55. The van der Waals surface area contributed by atoms with Crippen LogP contribution in [0.4, 0.5) is 0 Å². The number of aliphatic hydroxyl groups excluding tert-OH is 3. The molecule has 0 bridgehead atoms. The smallest absolute Gasteiger partial charge is 0.222 e. The molecule has 0 heterocycles. The number of carbonyl (C=O) groups is 1. The molecule has 0 aliphatic heterocycles. The minimum absolute atomic E-state index is 0.00217. The summed E-state index contributed by atoms with van der Waals surface area (Å²) in [5, 5.41) is 33.5. The molecule has 0 aromatic rings. The van der Waals surface area contributed by atoms with Gasteiger partial charge < -0.3 is 20.6 Å². The predicted molar refractivity (Wildman–Crippen MR) is 296 cm³/mol. The van der Waals surface area contributed by atoms with Gasteiger partial charge in [0.25, 0.3) is 0 Å². The van der Waals surface area contributed by atoms with Crippen molar-refractivity contribution in [2.45, 2.75) is 334 Å². The molecule has 0 aromatic carbocycles. The van der Waals surface area contributed by atoms with Crippen molar-refractivity contribution in [3.8, 4) is 0 Å². The monoisotopic (exact) mass is 940 g/mol. The summed E-state index contributed by atoms with van der Waals surface area (Å²) in [6.45, 7) is 4.23. The van der Waals surface area contributed by atoms with Crippen molar-refractivity contribution in [1.82, 2.24) is 5.32 Å². The molecule has 3 unspecified atom stereocenters. The van der Waals surface area contributed by atoms with Crippen molar-refractivity contribution >= 4 is 5.91 Å². The first kappa shape index (κ1) is 65.3. The normalized spacial score (nSPS) is 13.6. The Morgan fingerprint density at radius 2 is 0.642 bits per heavy atom. The number of hydrogen-bond donors (Lipinski definition) is 4. The fourth-order valence-electron chi connectivity index (χ4n) is 9.25. The maximum absolute atomic E-state index is 12.5. The topological polar surface area (TPSA) is 89.8 Å². The molecule has 0 radical (unpaired) electrons. The summed E-state index contributed by atoms with van der Waals surface area (Å²) < 4.78 is 0. The number of carbonyl (C=O) groups excluding carboxylic acids is 1. The van der Waals surface area contributed by atoms with Gasteiger partial charge in [-0.05, 0) is 70.6 Å². The van der Waals surface area contributed by atoms with E-state index in [9.17, 15) is 20.1 Å². The van der Waals surface area contributed by atoms with Crippen LogP contribution >= 0.6 is 0 Å². The summed E-state index contributed by atoms with van der Waals surface area (Å²) in [6.07, 6.45) is 76.0. The highest BCUT2D eigenvalue weighted by Gasteiger charge is 2.20. The Balaban J connectivity index is 3.61. The van der Waals surface area contributed by atoms with Gasteiger partial charge in [-0.2, -0.15) is 0 Å². The van der Waals surface area contributed by atoms with Gasteiger partial charge in [-0.25, -0.2) is 0 Å². The molecule has 67 heavy (non-hydrogen) atoms. The summed E-state index contributed by atoms with van der Waals surface area (Å²) in [5.74, 6) is -0.327. The van der Waals surface area contributed by atoms with Crippen LogP contribution in [-0.2, 0) is 4.79 Å². The van der Waals surface area contributed by atoms with Crippen LogP contribution in [0.1, 0.15) is 316 Å². The molecule has 0 rings (SSSR count). The minimum atomic E-state index is -0.962. The molecule has 5 heteroatoms. The predicted octanol–water partition coefficient (Wildman–Crippen LogP) is 18.8. The Bertz CT molecular complexity index is 1080. The standard InChI is InChI=1S/C62H117NO4/c1-3-5-7-9-11-13-15-17-19-21-23-25-27-29-30-32-33-35-37-39-41-43-45-47-49-51-53-55-59(65)57-62(67)63-60(58-64)61(66)56-54-52-50-48-46-44-42-40-38-36-34-31-28-26-24-22-20-18-16-14-12-10-8-6-4-2/h29-30,38,40,46,48,54,56,59-61,64-66H,3-28,31-37,39,41-45,47,49-53,55,57-58H2,1-2H3,(H,63,67)/b30-29-,40-38+,48-46+,56-54+. The van der Waals surface area contributed by atoms with Gasteiger partial charge in [0.1, 0.15) is 0 Å². The molecule has 0 saturated carbocycles. The van der Waals surface area contributed by atoms with Gasteiger partial charge in [0, 0.05) is 0 Å². The van der Waals surface area contributed by atoms with Gasteiger partial charge in [-0.1, -0.05) is 287 Å². The highest BCUT2D eigenvalue weighted by Crippen LogP contribution is 2.17. The molecular formula is C62H117NO4. The summed E-state index contributed by atoms with van der Waals surface area (Å²) in [5.41, 5.74) is 0. The van der Waals surface area contributed by atoms with E-state index in [0.717, 1.165) is 38.5 Å². The van der Waals surface area contributed by atoms with E-state index in [1.807, 2.05) is 6.08 Å². The molecule has 0 aliphatic carbocycles. The lowest BCUT2D eigenvalue weighted by atomic mass is 10.0. The molecule has 0 fully saturated rings. The van der Waals surface area contributed by atoms with Crippen LogP contribution in [0.3, 0.4) is 0 Å². The van der Waals surface area contributed by atoms with Crippen molar-refractivity contribution < 1.29 is 20.1 Å². The number of allylic oxidation sites excluding steroid dienone is 7. The third-order valence-electron chi connectivity index (χ3n) is 13.8. The van der Waals surface area contributed by atoms with Crippen LogP contribution in [0, 0.1) is 0 Å². The van der Waals surface area contributed by atoms with E-state index in [-0.39, 0.29) is 18.9 Å². The molecule has 3 atom stereocenters. The van der Waals surface area contributed by atoms with Crippen molar-refractivity contribution in [1.29, 1.82) is 0 Å². The largest absolute Gasteiger partial charge is 0.394 e. The lowest BCUT2D eigenvalue weighted by molar-refractivity contribution is -0.124. The van der Waals surface area contributed by atoms with Gasteiger partial charge in [0.15, 0.2) is 0 Å². The third kappa shape index (κ3) is 53.5. The zero-order valence-corrected chi connectivity index (χ0v) is 45.0. The Hall–Kier alpha value is -1.69. The number of unbranched alkanes of at least 4 members (excludes halogenated alkanes) is 40. The summed E-state index contributed by atoms with van der Waals surface area (Å²) in [4.78, 5) is 12.5. The molecule has 1 amide bonds. The van der Waals surface area contributed by atoms with Crippen LogP contribution < -0.4 is 5.32 Å². The Labute approximate surface area is 418 Å². The number of amides is 1. The van der Waals surface area contributed by atoms with E-state index in [2.05, 4.69) is 55.6 Å². The number of nitrogens with one attached hydrogen (secondary N) is 1. The molecule has 394 valence electrons. The minimum Gasteiger partial charge on any atom is -0.394 e. The second-order valence-corrected chi connectivity index (χ2v) is 20.6. The first-order chi connectivity index (χ1) is 33.0. The Morgan fingerprint density at radius 3 is 0.955 bits per heavy atom. The van der Waals surface area contributed by atoms with Gasteiger partial charge in [0.05, 0.1) is 31.3 Å². The number of hydrogen-bond acceptors (Lipinski definition) is 4. The van der Waals surface area contributed by atoms with Gasteiger partial charge >= 0.3 is 0 Å². The zero-order chi connectivity index (χ0) is 48.6. The second-order valence-electron chi connectivity index (χ2n) is 20.6. The van der Waals surface area contributed by atoms with Crippen molar-refractivity contribution in [2.24, 2.45) is 0 Å². The van der Waals surface area contributed by atoms with Crippen LogP contribution in [-0.4, -0.2) is 46.1 Å². The van der Waals surface area contributed by atoms with Gasteiger partial charge in [0.2, 0.25) is 5.91 Å². The van der Waals surface area contributed by atoms with E-state index in [1.165, 1.54) is 250 Å². The van der Waals surface area contributed by atoms with Crippen LogP contribution in [0.25, 0.3) is 0 Å². The maximum Gasteiger partial charge on any atom is 0.222 e. The average molecular weight is 941 g/mol. The quantitative estimate of drug-likeness (QED) is 0.0361. The van der Waals surface area contributed by atoms with E-state index in [1.54, 1.807) is 6.08 Å². The fourth-order valence-corrected chi connectivity index (χ4v) is 9.25. The Morgan fingerprint density at radius 1 is 0.373 bits per heavy atom. The molecule has 0 aromatic heterocycles. The van der Waals surface area contributed by atoms with Gasteiger partial charge in [-0.15, -0.1) is 0 Å². The van der Waals surface area contributed by atoms with Crippen molar-refractivity contribution in [3.05, 3.63) is 48.6 Å². The number of aliphatic hydroxyl groups is 3. The zero-order valence-electron chi connectivity index (χ0n) is 45.0. The van der Waals surface area contributed by atoms with Crippen molar-refractivity contribution in [2.75, 3.05) is 6.61 Å². The highest BCUT2D eigenvalue weighted by molar-refractivity contribution is 5.76. The SMILES string of the molecule is CCCCCCCCCCCCCC/C=C\CCCCCCCCCCCCCC(O)CC(=O)NC(CO)C(O)/C=C/CC/C=C/CC/C=C/CCCCCCCCCCCCCCCCC. The molecular weight excluding hydrogens is 823 g/mol. The first-order valence-corrected chi connectivity index (χ1v) is 29.9. The summed E-state index contributed by atoms with van der Waals surface area (Å²) in [6, 6.07) is -0.770. The van der Waals surface area contributed by atoms with Crippen molar-refractivity contribution in [3.63, 3.8) is 0 Å². The third-order valence-corrected chi connectivity index (χ3v) is 13.8. The van der Waals surface area contributed by atoms with E-state index in [0.29, 0.717) is 6.42 Å². The highest BCUT2D eigenvalue weighted by atomic mass is 16.3. The van der Waals surface area contributed by atoms with Crippen LogP contribution in [0.2, 0.25) is 0 Å². The van der Waals surface area contributed by atoms with Crippen LogP contribution in [0.15, 0.2) is 48.6 Å². The van der Waals surface area contributed by atoms with E-state index in [4.69, 9.17) is 0 Å². The Kier molecular flexibility index (Phi) is 55.5. The molecule has 4 N–H and O–H groups in total. The van der Waals surface area contributed by atoms with Gasteiger partial charge in [-0.3, -0.25) is 4.79 Å². The van der Waals surface area contributed by atoms with E-state index >= 15 is 0 Å². The molecule has 0 saturated heterocycles. The maximum atomic E-state index is 12.5. The summed E-state index contributed by atoms with van der Waals surface area (Å²) >= 11 is 0. The lowest BCUT2D eigenvalue weighted by Crippen LogP contribution is -2.45. The molecule has 5 nitrogen and oxygen atoms in total. The van der Waals surface area contributed by atoms with Crippen LogP contribution in [0.5, 0.6) is 0 Å². The lowest BCUT2D eigenvalue weighted by Gasteiger charge is -2.21. The average Bonchev–Trinajstić information content (AvgIpc) is 3.32. The second kappa shape index (κ2) is 56.9.